The normalized spacial score (nSPS) is 16.3. The number of halogens is 2. The summed E-state index contributed by atoms with van der Waals surface area (Å²) in [6.45, 7) is 0.558. The van der Waals surface area contributed by atoms with Gasteiger partial charge in [-0.15, -0.1) is 12.4 Å². The highest BCUT2D eigenvalue weighted by Gasteiger charge is 2.27. The number of benzene rings is 1. The van der Waals surface area contributed by atoms with E-state index in [4.69, 9.17) is 17.3 Å². The number of nitrogens with two attached hydrogens (primary N) is 1. The second-order valence-electron chi connectivity index (χ2n) is 5.53. The fourth-order valence-electron chi connectivity index (χ4n) is 2.94. The van der Waals surface area contributed by atoms with E-state index < -0.39 is 0 Å². The fraction of sp³-hybridized carbons (Fsp3) is 0.562. The van der Waals surface area contributed by atoms with E-state index in [0.717, 1.165) is 17.0 Å². The van der Waals surface area contributed by atoms with Crippen molar-refractivity contribution < 1.29 is 4.79 Å². The first-order chi connectivity index (χ1) is 9.70. The van der Waals surface area contributed by atoms with E-state index in [-0.39, 0.29) is 24.4 Å². The molecule has 0 spiro atoms. The minimum atomic E-state index is 0. The van der Waals surface area contributed by atoms with Crippen LogP contribution in [0.25, 0.3) is 0 Å². The van der Waals surface area contributed by atoms with Gasteiger partial charge in [0, 0.05) is 11.4 Å². The molecule has 1 aliphatic carbocycles. The smallest absolute Gasteiger partial charge is 0.220 e. The summed E-state index contributed by atoms with van der Waals surface area (Å²) in [6.07, 6.45) is 6.13. The van der Waals surface area contributed by atoms with Crippen LogP contribution in [0.4, 0.5) is 0 Å². The molecule has 0 aliphatic heterocycles. The SMILES string of the molecule is Cl.NCCCC(=O)NC(c1ccc(Cl)cc1)C1CCCC1. The number of nitrogens with one attached hydrogen (secondary N) is 1. The van der Waals surface area contributed by atoms with Crippen molar-refractivity contribution >= 4 is 29.9 Å². The van der Waals surface area contributed by atoms with Crippen LogP contribution in [0.2, 0.25) is 5.02 Å². The van der Waals surface area contributed by atoms with Gasteiger partial charge >= 0.3 is 0 Å². The predicted molar refractivity (Wildman–Crippen MR) is 89.8 cm³/mol. The van der Waals surface area contributed by atoms with Gasteiger partial charge in [0.15, 0.2) is 0 Å². The highest BCUT2D eigenvalue weighted by Crippen LogP contribution is 2.36. The lowest BCUT2D eigenvalue weighted by Crippen LogP contribution is -2.32. The molecule has 118 valence electrons. The van der Waals surface area contributed by atoms with Gasteiger partial charge in [0.2, 0.25) is 5.91 Å². The monoisotopic (exact) mass is 330 g/mol. The second kappa shape index (κ2) is 9.29. The van der Waals surface area contributed by atoms with Crippen molar-refractivity contribution in [1.82, 2.24) is 5.32 Å². The predicted octanol–water partition coefficient (Wildman–Crippen LogP) is 3.85. The number of carbonyl (C=O) groups is 1. The molecule has 0 bridgehead atoms. The second-order valence-corrected chi connectivity index (χ2v) is 5.97. The third-order valence-corrected chi connectivity index (χ3v) is 4.28. The largest absolute Gasteiger partial charge is 0.349 e. The lowest BCUT2D eigenvalue weighted by molar-refractivity contribution is -0.122. The number of amides is 1. The maximum absolute atomic E-state index is 12.0. The van der Waals surface area contributed by atoms with Crippen LogP contribution >= 0.6 is 24.0 Å². The zero-order chi connectivity index (χ0) is 14.4. The molecule has 1 unspecified atom stereocenters. The van der Waals surface area contributed by atoms with Crippen LogP contribution in [-0.4, -0.2) is 12.5 Å². The van der Waals surface area contributed by atoms with Crippen LogP contribution < -0.4 is 11.1 Å². The first-order valence-corrected chi connectivity index (χ1v) is 7.83. The van der Waals surface area contributed by atoms with Crippen molar-refractivity contribution in [2.45, 2.75) is 44.6 Å². The summed E-state index contributed by atoms with van der Waals surface area (Å²) in [5, 5.41) is 3.92. The van der Waals surface area contributed by atoms with Gasteiger partial charge in [-0.3, -0.25) is 4.79 Å². The minimum Gasteiger partial charge on any atom is -0.349 e. The molecule has 1 saturated carbocycles. The van der Waals surface area contributed by atoms with Gasteiger partial charge in [0.25, 0.3) is 0 Å². The Bertz CT molecular complexity index is 430. The molecule has 1 aliphatic rings. The molecule has 2 rings (SSSR count). The zero-order valence-electron chi connectivity index (χ0n) is 12.2. The summed E-state index contributed by atoms with van der Waals surface area (Å²) in [4.78, 5) is 12.0. The molecule has 0 heterocycles. The molecule has 21 heavy (non-hydrogen) atoms. The molecule has 1 amide bonds. The first kappa shape index (κ1) is 18.3. The standard InChI is InChI=1S/C16H23ClN2O.ClH/c17-14-9-7-13(8-10-14)16(12-4-1-2-5-12)19-15(20)6-3-11-18;/h7-10,12,16H,1-6,11,18H2,(H,19,20);1H. The molecular weight excluding hydrogens is 307 g/mol. The molecule has 0 saturated heterocycles. The van der Waals surface area contributed by atoms with E-state index in [9.17, 15) is 4.79 Å². The number of rotatable bonds is 6. The van der Waals surface area contributed by atoms with E-state index in [0.29, 0.717) is 18.9 Å². The molecule has 1 fully saturated rings. The van der Waals surface area contributed by atoms with Crippen molar-refractivity contribution in [1.29, 1.82) is 0 Å². The van der Waals surface area contributed by atoms with Gasteiger partial charge in [0.1, 0.15) is 0 Å². The molecule has 5 heteroatoms. The lowest BCUT2D eigenvalue weighted by atomic mass is 9.91. The van der Waals surface area contributed by atoms with Crippen molar-refractivity contribution in [2.24, 2.45) is 11.7 Å². The number of carbonyl (C=O) groups excluding carboxylic acids is 1. The highest BCUT2D eigenvalue weighted by atomic mass is 35.5. The van der Waals surface area contributed by atoms with Crippen molar-refractivity contribution in [3.05, 3.63) is 34.9 Å². The van der Waals surface area contributed by atoms with Crippen LogP contribution in [0.5, 0.6) is 0 Å². The maximum Gasteiger partial charge on any atom is 0.220 e. The molecule has 1 atom stereocenters. The Balaban J connectivity index is 0.00000220. The van der Waals surface area contributed by atoms with Crippen LogP contribution in [0, 0.1) is 5.92 Å². The molecule has 1 aromatic rings. The van der Waals surface area contributed by atoms with Gasteiger partial charge < -0.3 is 11.1 Å². The summed E-state index contributed by atoms with van der Waals surface area (Å²) in [7, 11) is 0. The summed E-state index contributed by atoms with van der Waals surface area (Å²) in [6, 6.07) is 7.94. The topological polar surface area (TPSA) is 55.1 Å². The Hall–Kier alpha value is -0.770. The Kier molecular flexibility index (Phi) is 8.09. The van der Waals surface area contributed by atoms with E-state index >= 15 is 0 Å². The number of hydrogen-bond acceptors (Lipinski definition) is 2. The Morgan fingerprint density at radius 2 is 1.90 bits per heavy atom. The summed E-state index contributed by atoms with van der Waals surface area (Å²) < 4.78 is 0. The summed E-state index contributed by atoms with van der Waals surface area (Å²) in [5.74, 6) is 0.639. The molecular formula is C16H24Cl2N2O. The number of hydrogen-bond donors (Lipinski definition) is 2. The third kappa shape index (κ3) is 5.50. The van der Waals surface area contributed by atoms with Gasteiger partial charge in [-0.05, 0) is 49.4 Å². The first-order valence-electron chi connectivity index (χ1n) is 7.45. The average molecular weight is 331 g/mol. The Labute approximate surface area is 138 Å². The minimum absolute atomic E-state index is 0. The zero-order valence-corrected chi connectivity index (χ0v) is 13.8. The van der Waals surface area contributed by atoms with Crippen molar-refractivity contribution in [3.8, 4) is 0 Å². The van der Waals surface area contributed by atoms with E-state index in [1.54, 1.807) is 0 Å². The lowest BCUT2D eigenvalue weighted by Gasteiger charge is -2.25. The summed E-state index contributed by atoms with van der Waals surface area (Å²) in [5.41, 5.74) is 6.62. The van der Waals surface area contributed by atoms with E-state index in [1.165, 1.54) is 25.7 Å². The summed E-state index contributed by atoms with van der Waals surface area (Å²) >= 11 is 5.95. The third-order valence-electron chi connectivity index (χ3n) is 4.02. The molecule has 1 aromatic carbocycles. The fourth-order valence-corrected chi connectivity index (χ4v) is 3.07. The average Bonchev–Trinajstić information content (AvgIpc) is 2.97. The molecule has 3 nitrogen and oxygen atoms in total. The van der Waals surface area contributed by atoms with Gasteiger partial charge in [0.05, 0.1) is 6.04 Å². The van der Waals surface area contributed by atoms with Crippen LogP contribution in [0.3, 0.4) is 0 Å². The maximum atomic E-state index is 12.0. The van der Waals surface area contributed by atoms with Crippen LogP contribution in [0.1, 0.15) is 50.1 Å². The van der Waals surface area contributed by atoms with Gasteiger partial charge in [-0.25, -0.2) is 0 Å². The van der Waals surface area contributed by atoms with Gasteiger partial charge in [-0.1, -0.05) is 36.6 Å². The Morgan fingerprint density at radius 1 is 1.29 bits per heavy atom. The van der Waals surface area contributed by atoms with Crippen molar-refractivity contribution in [2.75, 3.05) is 6.54 Å². The van der Waals surface area contributed by atoms with Crippen molar-refractivity contribution in [3.63, 3.8) is 0 Å². The van der Waals surface area contributed by atoms with E-state index in [2.05, 4.69) is 5.32 Å². The van der Waals surface area contributed by atoms with Crippen LogP contribution in [-0.2, 0) is 4.79 Å². The molecule has 3 N–H and O–H groups in total. The van der Waals surface area contributed by atoms with Gasteiger partial charge in [-0.2, -0.15) is 0 Å². The van der Waals surface area contributed by atoms with Crippen LogP contribution in [0.15, 0.2) is 24.3 Å². The molecule has 0 aromatic heterocycles. The quantitative estimate of drug-likeness (QED) is 0.832. The highest BCUT2D eigenvalue weighted by molar-refractivity contribution is 6.30. The molecule has 0 radical (unpaired) electrons. The van der Waals surface area contributed by atoms with E-state index in [1.807, 2.05) is 24.3 Å². The Morgan fingerprint density at radius 3 is 2.48 bits per heavy atom.